The molecule has 0 radical (unpaired) electrons. The van der Waals surface area contributed by atoms with Crippen LogP contribution in [0.25, 0.3) is 21.7 Å². The number of nitrogens with one attached hydrogen (secondary N) is 1. The van der Waals surface area contributed by atoms with E-state index >= 15 is 0 Å². The average Bonchev–Trinajstić information content (AvgIpc) is 3.11. The van der Waals surface area contributed by atoms with Crippen molar-refractivity contribution in [2.75, 3.05) is 11.9 Å². The van der Waals surface area contributed by atoms with Crippen LogP contribution in [0.2, 0.25) is 0 Å². The SMILES string of the molecule is O=C1COc2ccc(C(=O)c3cc4c(ccc5ccccc54)o3)cc2N1. The monoisotopic (exact) mass is 343 g/mol. The van der Waals surface area contributed by atoms with Crippen molar-refractivity contribution in [3.05, 3.63) is 72.0 Å². The van der Waals surface area contributed by atoms with Crippen LogP contribution in [-0.4, -0.2) is 18.3 Å². The summed E-state index contributed by atoms with van der Waals surface area (Å²) in [5.74, 6) is 0.335. The van der Waals surface area contributed by atoms with Crippen LogP contribution in [0.4, 0.5) is 5.69 Å². The second-order valence-electron chi connectivity index (χ2n) is 6.19. The summed E-state index contributed by atoms with van der Waals surface area (Å²) in [5.41, 5.74) is 1.59. The zero-order valence-corrected chi connectivity index (χ0v) is 13.6. The van der Waals surface area contributed by atoms with E-state index in [1.807, 2.05) is 36.4 Å². The molecule has 0 unspecified atom stereocenters. The molecule has 1 aromatic heterocycles. The lowest BCUT2D eigenvalue weighted by atomic mass is 10.0. The third kappa shape index (κ3) is 2.25. The van der Waals surface area contributed by atoms with Crippen molar-refractivity contribution in [3.8, 4) is 5.75 Å². The quantitative estimate of drug-likeness (QED) is 0.555. The highest BCUT2D eigenvalue weighted by Gasteiger charge is 2.20. The first-order chi connectivity index (χ1) is 12.7. The minimum Gasteiger partial charge on any atom is -0.482 e. The fourth-order valence-corrected chi connectivity index (χ4v) is 3.27. The van der Waals surface area contributed by atoms with E-state index in [-0.39, 0.29) is 24.1 Å². The predicted octanol–water partition coefficient (Wildman–Crippen LogP) is 4.15. The van der Waals surface area contributed by atoms with E-state index in [9.17, 15) is 9.59 Å². The number of hydrogen-bond donors (Lipinski definition) is 1. The van der Waals surface area contributed by atoms with E-state index in [2.05, 4.69) is 5.32 Å². The van der Waals surface area contributed by atoms with Crippen LogP contribution in [0.1, 0.15) is 16.1 Å². The lowest BCUT2D eigenvalue weighted by Crippen LogP contribution is -2.25. The summed E-state index contributed by atoms with van der Waals surface area (Å²) < 4.78 is 11.1. The third-order valence-electron chi connectivity index (χ3n) is 4.52. The summed E-state index contributed by atoms with van der Waals surface area (Å²) >= 11 is 0. The molecular weight excluding hydrogens is 330 g/mol. The topological polar surface area (TPSA) is 68.5 Å². The molecule has 0 spiro atoms. The summed E-state index contributed by atoms with van der Waals surface area (Å²) in [6, 6.07) is 18.5. The number of hydrogen-bond acceptors (Lipinski definition) is 4. The van der Waals surface area contributed by atoms with Crippen LogP contribution in [0, 0.1) is 0 Å². The third-order valence-corrected chi connectivity index (χ3v) is 4.52. The first-order valence-corrected chi connectivity index (χ1v) is 8.22. The minimum absolute atomic E-state index is 0.0169. The van der Waals surface area contributed by atoms with Gasteiger partial charge in [-0.3, -0.25) is 9.59 Å². The molecule has 1 aliphatic rings. The number of furan rings is 1. The molecule has 126 valence electrons. The van der Waals surface area contributed by atoms with Gasteiger partial charge in [0.05, 0.1) is 5.69 Å². The molecule has 1 amide bonds. The number of ketones is 1. The summed E-state index contributed by atoms with van der Waals surface area (Å²) in [6.45, 7) is -0.0169. The summed E-state index contributed by atoms with van der Waals surface area (Å²) in [5, 5.41) is 5.75. The van der Waals surface area contributed by atoms with Crippen molar-refractivity contribution in [1.82, 2.24) is 0 Å². The number of carbonyl (C=O) groups is 2. The molecule has 0 aliphatic carbocycles. The van der Waals surface area contributed by atoms with Gasteiger partial charge < -0.3 is 14.5 Å². The summed E-state index contributed by atoms with van der Waals surface area (Å²) in [7, 11) is 0. The molecule has 5 rings (SSSR count). The number of carbonyl (C=O) groups excluding carboxylic acids is 2. The average molecular weight is 343 g/mol. The van der Waals surface area contributed by atoms with Gasteiger partial charge >= 0.3 is 0 Å². The van der Waals surface area contributed by atoms with Crippen molar-refractivity contribution in [1.29, 1.82) is 0 Å². The Bertz CT molecular complexity index is 1210. The molecule has 3 aromatic carbocycles. The molecule has 4 aromatic rings. The molecule has 0 atom stereocenters. The number of amides is 1. The van der Waals surface area contributed by atoms with Gasteiger partial charge in [-0.15, -0.1) is 0 Å². The van der Waals surface area contributed by atoms with Crippen molar-refractivity contribution < 1.29 is 18.7 Å². The highest BCUT2D eigenvalue weighted by molar-refractivity contribution is 6.13. The molecule has 0 saturated heterocycles. The van der Waals surface area contributed by atoms with Gasteiger partial charge in [0, 0.05) is 10.9 Å². The molecule has 1 aliphatic heterocycles. The second-order valence-corrected chi connectivity index (χ2v) is 6.19. The molecule has 0 saturated carbocycles. The molecular formula is C21H13NO4. The van der Waals surface area contributed by atoms with Crippen LogP contribution in [0.3, 0.4) is 0 Å². The first-order valence-electron chi connectivity index (χ1n) is 8.22. The van der Waals surface area contributed by atoms with E-state index in [0.29, 0.717) is 22.6 Å². The predicted molar refractivity (Wildman–Crippen MR) is 97.7 cm³/mol. The van der Waals surface area contributed by atoms with E-state index in [1.54, 1.807) is 24.3 Å². The smallest absolute Gasteiger partial charge is 0.262 e. The molecule has 0 fully saturated rings. The standard InChI is InChI=1S/C21H13NO4/c23-20-11-25-18-8-6-13(9-16(18)22-20)21(24)19-10-15-14-4-2-1-3-12(14)5-7-17(15)26-19/h1-10H,11H2,(H,22,23). The number of fused-ring (bicyclic) bond motifs is 4. The Hall–Kier alpha value is -3.60. The highest BCUT2D eigenvalue weighted by Crippen LogP contribution is 2.32. The molecule has 26 heavy (non-hydrogen) atoms. The maximum atomic E-state index is 12.9. The first kappa shape index (κ1) is 14.7. The lowest BCUT2D eigenvalue weighted by Gasteiger charge is -2.18. The van der Waals surface area contributed by atoms with Gasteiger partial charge in [-0.05, 0) is 41.1 Å². The Kier molecular flexibility index (Phi) is 3.09. The van der Waals surface area contributed by atoms with Gasteiger partial charge in [-0.2, -0.15) is 0 Å². The van der Waals surface area contributed by atoms with E-state index in [4.69, 9.17) is 9.15 Å². The fourth-order valence-electron chi connectivity index (χ4n) is 3.27. The Morgan fingerprint density at radius 1 is 0.962 bits per heavy atom. The second kappa shape index (κ2) is 5.46. The number of benzene rings is 3. The molecule has 5 heteroatoms. The van der Waals surface area contributed by atoms with Gasteiger partial charge in [0.15, 0.2) is 12.4 Å². The minimum atomic E-state index is -0.243. The number of anilines is 1. The summed E-state index contributed by atoms with van der Waals surface area (Å²) in [4.78, 5) is 24.4. The number of rotatable bonds is 2. The van der Waals surface area contributed by atoms with Crippen molar-refractivity contribution in [2.45, 2.75) is 0 Å². The Morgan fingerprint density at radius 2 is 1.85 bits per heavy atom. The highest BCUT2D eigenvalue weighted by atomic mass is 16.5. The normalized spacial score (nSPS) is 13.3. The van der Waals surface area contributed by atoms with Crippen molar-refractivity contribution in [2.24, 2.45) is 0 Å². The Labute approximate surface area is 148 Å². The van der Waals surface area contributed by atoms with Gasteiger partial charge in [0.2, 0.25) is 5.78 Å². The fraction of sp³-hybridized carbons (Fsp3) is 0.0476. The van der Waals surface area contributed by atoms with Gasteiger partial charge in [0.1, 0.15) is 11.3 Å². The zero-order valence-electron chi connectivity index (χ0n) is 13.6. The summed E-state index contributed by atoms with van der Waals surface area (Å²) in [6.07, 6.45) is 0. The Balaban J connectivity index is 1.59. The molecule has 2 heterocycles. The molecule has 5 nitrogen and oxygen atoms in total. The largest absolute Gasteiger partial charge is 0.482 e. The van der Waals surface area contributed by atoms with Gasteiger partial charge in [-0.1, -0.05) is 30.3 Å². The van der Waals surface area contributed by atoms with Crippen molar-refractivity contribution in [3.63, 3.8) is 0 Å². The van der Waals surface area contributed by atoms with Crippen LogP contribution < -0.4 is 10.1 Å². The Morgan fingerprint density at radius 3 is 2.77 bits per heavy atom. The zero-order chi connectivity index (χ0) is 17.7. The number of ether oxygens (including phenoxy) is 1. The maximum absolute atomic E-state index is 12.9. The van der Waals surface area contributed by atoms with Crippen LogP contribution in [-0.2, 0) is 4.79 Å². The van der Waals surface area contributed by atoms with Gasteiger partial charge in [0.25, 0.3) is 5.91 Å². The van der Waals surface area contributed by atoms with Gasteiger partial charge in [-0.25, -0.2) is 0 Å². The van der Waals surface area contributed by atoms with Crippen LogP contribution in [0.5, 0.6) is 5.75 Å². The van der Waals surface area contributed by atoms with E-state index < -0.39 is 0 Å². The molecule has 0 bridgehead atoms. The van der Waals surface area contributed by atoms with E-state index in [1.165, 1.54) is 0 Å². The lowest BCUT2D eigenvalue weighted by molar-refractivity contribution is -0.118. The maximum Gasteiger partial charge on any atom is 0.262 e. The molecule has 1 N–H and O–H groups in total. The van der Waals surface area contributed by atoms with E-state index in [0.717, 1.165) is 16.2 Å². The van der Waals surface area contributed by atoms with Crippen LogP contribution in [0.15, 0.2) is 65.1 Å². The van der Waals surface area contributed by atoms with Crippen molar-refractivity contribution >= 4 is 39.1 Å². The van der Waals surface area contributed by atoms with Crippen LogP contribution >= 0.6 is 0 Å².